The van der Waals surface area contributed by atoms with Crippen LogP contribution in [0.2, 0.25) is 0 Å². The van der Waals surface area contributed by atoms with Crippen LogP contribution in [0.25, 0.3) is 11.0 Å². The molecule has 0 aliphatic heterocycles. The van der Waals surface area contributed by atoms with Crippen molar-refractivity contribution in [2.24, 2.45) is 0 Å². The summed E-state index contributed by atoms with van der Waals surface area (Å²) in [5.74, 6) is -3.17. The number of aliphatic carboxylic acids is 1. The first-order valence-corrected chi connectivity index (χ1v) is 9.11. The van der Waals surface area contributed by atoms with Crippen molar-refractivity contribution in [2.45, 2.75) is 12.6 Å². The molecule has 9 nitrogen and oxygen atoms in total. The Balaban J connectivity index is 1.88. The topological polar surface area (TPSA) is 131 Å². The van der Waals surface area contributed by atoms with E-state index in [0.717, 1.165) is 12.1 Å². The van der Waals surface area contributed by atoms with Crippen molar-refractivity contribution in [2.75, 3.05) is 13.2 Å². The number of nitrogens with one attached hydrogen (secondary N) is 1. The van der Waals surface area contributed by atoms with Crippen LogP contribution in [-0.2, 0) is 17.4 Å². The monoisotopic (exact) mass is 451 g/mol. The van der Waals surface area contributed by atoms with Gasteiger partial charge in [0.25, 0.3) is 5.91 Å². The molecule has 32 heavy (non-hydrogen) atoms. The lowest BCUT2D eigenvalue weighted by Gasteiger charge is -2.14. The molecule has 3 rings (SSSR count). The molecular weight excluding hydrogens is 435 g/mol. The Labute approximate surface area is 177 Å². The second-order valence-corrected chi connectivity index (χ2v) is 6.55. The van der Waals surface area contributed by atoms with Crippen LogP contribution in [-0.4, -0.2) is 45.0 Å². The van der Waals surface area contributed by atoms with Gasteiger partial charge in [0.1, 0.15) is 18.9 Å². The number of fused-ring (bicyclic) bond motifs is 1. The average molecular weight is 451 g/mol. The summed E-state index contributed by atoms with van der Waals surface area (Å²) in [5, 5.41) is 21.1. The van der Waals surface area contributed by atoms with Crippen LogP contribution in [0.3, 0.4) is 0 Å². The maximum Gasteiger partial charge on any atom is 0.416 e. The zero-order chi connectivity index (χ0) is 23.5. The Kier molecular flexibility index (Phi) is 6.32. The first kappa shape index (κ1) is 22.6. The van der Waals surface area contributed by atoms with Crippen LogP contribution in [0.15, 0.2) is 47.4 Å². The van der Waals surface area contributed by atoms with Crippen LogP contribution in [0.4, 0.5) is 13.2 Å². The van der Waals surface area contributed by atoms with Crippen molar-refractivity contribution in [3.63, 3.8) is 0 Å². The third-order valence-electron chi connectivity index (χ3n) is 4.39. The molecule has 0 spiro atoms. The number of aromatic hydroxyl groups is 1. The highest BCUT2D eigenvalue weighted by atomic mass is 19.4. The van der Waals surface area contributed by atoms with Gasteiger partial charge in [0.15, 0.2) is 11.2 Å². The van der Waals surface area contributed by atoms with Crippen molar-refractivity contribution in [3.05, 3.63) is 69.6 Å². The zero-order valence-electron chi connectivity index (χ0n) is 16.2. The van der Waals surface area contributed by atoms with Crippen LogP contribution in [0.5, 0.6) is 5.75 Å². The van der Waals surface area contributed by atoms with Crippen LogP contribution in [0.1, 0.15) is 21.5 Å². The maximum atomic E-state index is 12.8. The van der Waals surface area contributed by atoms with E-state index in [1.165, 1.54) is 30.5 Å². The molecular formula is C20H16F3N3O6. The van der Waals surface area contributed by atoms with Crippen LogP contribution >= 0.6 is 0 Å². The van der Waals surface area contributed by atoms with Gasteiger partial charge in [-0.25, -0.2) is 4.98 Å². The summed E-state index contributed by atoms with van der Waals surface area (Å²) in [4.78, 5) is 45.2. The van der Waals surface area contributed by atoms with E-state index in [2.05, 4.69) is 4.98 Å². The number of carbonyl (C=O) groups is 2. The van der Waals surface area contributed by atoms with E-state index in [0.29, 0.717) is 10.3 Å². The molecule has 0 aliphatic carbocycles. The lowest BCUT2D eigenvalue weighted by atomic mass is 10.1. The Morgan fingerprint density at radius 3 is 2.47 bits per heavy atom. The van der Waals surface area contributed by atoms with Crippen molar-refractivity contribution >= 4 is 22.9 Å². The lowest BCUT2D eigenvalue weighted by Crippen LogP contribution is -2.38. The number of carboxylic acid groups (broad SMARTS) is 1. The molecule has 0 atom stereocenters. The largest absolute Gasteiger partial charge is 0.506 e. The Hall–Kier alpha value is -4.09. The Morgan fingerprint density at radius 1 is 1.16 bits per heavy atom. The fourth-order valence-electron chi connectivity index (χ4n) is 2.86. The molecule has 3 N–H and O–H groups in total. The summed E-state index contributed by atoms with van der Waals surface area (Å²) in [7, 11) is 0. The predicted octanol–water partition coefficient (Wildman–Crippen LogP) is 1.61. The third-order valence-corrected chi connectivity index (χ3v) is 4.39. The van der Waals surface area contributed by atoms with Crippen LogP contribution in [0, 0.1) is 0 Å². The Bertz CT molecular complexity index is 1220. The molecule has 3 aromatic rings. The van der Waals surface area contributed by atoms with Crippen molar-refractivity contribution in [1.29, 1.82) is 0 Å². The number of rotatable bonds is 7. The van der Waals surface area contributed by atoms with Gasteiger partial charge >= 0.3 is 17.7 Å². The Morgan fingerprint density at radius 2 is 1.84 bits per heavy atom. The molecule has 168 valence electrons. The standard InChI is InChI=1S/C20H16F3N3O6/c21-20(22,23)12-5-3-11(4-6-12)7-9-32-26-17-13(2-1-8-24-17)16(29)15(19(26)31)18(30)25-10-14(27)28/h1-6,8,29H,7,9-10H2,(H,25,30)(H,27,28). The van der Waals surface area contributed by atoms with Gasteiger partial charge in [0.05, 0.1) is 10.9 Å². The molecule has 0 saturated carbocycles. The predicted molar refractivity (Wildman–Crippen MR) is 104 cm³/mol. The summed E-state index contributed by atoms with van der Waals surface area (Å²) in [5.41, 5.74) is -2.21. The number of carboxylic acids is 1. The number of hydrogen-bond donors (Lipinski definition) is 3. The van der Waals surface area contributed by atoms with Gasteiger partial charge < -0.3 is 20.4 Å². The molecule has 0 radical (unpaired) electrons. The van der Waals surface area contributed by atoms with Gasteiger partial charge in [-0.3, -0.25) is 14.4 Å². The van der Waals surface area contributed by atoms with Crippen molar-refractivity contribution < 1.29 is 37.8 Å². The molecule has 2 heterocycles. The molecule has 0 saturated heterocycles. The summed E-state index contributed by atoms with van der Waals surface area (Å²) in [6.07, 6.45) is -3.02. The minimum Gasteiger partial charge on any atom is -0.506 e. The molecule has 0 unspecified atom stereocenters. The molecule has 2 aromatic heterocycles. The number of nitrogens with zero attached hydrogens (tertiary/aromatic N) is 2. The van der Waals surface area contributed by atoms with Gasteiger partial charge in [-0.1, -0.05) is 12.1 Å². The fourth-order valence-corrected chi connectivity index (χ4v) is 2.86. The van der Waals surface area contributed by atoms with E-state index in [1.807, 2.05) is 5.32 Å². The fraction of sp³-hybridized carbons (Fsp3) is 0.200. The third kappa shape index (κ3) is 4.79. The van der Waals surface area contributed by atoms with Gasteiger partial charge in [0, 0.05) is 12.6 Å². The summed E-state index contributed by atoms with van der Waals surface area (Å²) in [6.45, 7) is -0.949. The quantitative estimate of drug-likeness (QED) is 0.497. The number of halogens is 3. The van der Waals surface area contributed by atoms with E-state index < -0.39 is 47.0 Å². The number of carbonyl (C=O) groups excluding carboxylic acids is 1. The minimum atomic E-state index is -4.46. The second kappa shape index (κ2) is 8.96. The molecule has 0 bridgehead atoms. The zero-order valence-corrected chi connectivity index (χ0v) is 16.2. The summed E-state index contributed by atoms with van der Waals surface area (Å²) >= 11 is 0. The highest BCUT2D eigenvalue weighted by Gasteiger charge is 2.30. The molecule has 0 fully saturated rings. The van der Waals surface area contributed by atoms with Gasteiger partial charge in [-0.15, -0.1) is 4.73 Å². The van der Waals surface area contributed by atoms with E-state index >= 15 is 0 Å². The summed E-state index contributed by atoms with van der Waals surface area (Å²) < 4.78 is 38.7. The SMILES string of the molecule is O=C(O)CNC(=O)c1c(O)c2cccnc2n(OCCc2ccc(C(F)(F)F)cc2)c1=O. The van der Waals surface area contributed by atoms with Crippen molar-refractivity contribution in [3.8, 4) is 5.75 Å². The number of alkyl halides is 3. The minimum absolute atomic E-state index is 0.00195. The van der Waals surface area contributed by atoms with Crippen molar-refractivity contribution in [1.82, 2.24) is 15.0 Å². The number of aromatic nitrogens is 2. The van der Waals surface area contributed by atoms with E-state index in [1.54, 1.807) is 0 Å². The normalized spacial score (nSPS) is 11.3. The number of hydrogen-bond acceptors (Lipinski definition) is 6. The molecule has 12 heteroatoms. The first-order chi connectivity index (χ1) is 15.1. The molecule has 0 aliphatic rings. The van der Waals surface area contributed by atoms with Crippen LogP contribution < -0.4 is 15.7 Å². The summed E-state index contributed by atoms with van der Waals surface area (Å²) in [6, 6.07) is 7.20. The van der Waals surface area contributed by atoms with E-state index in [-0.39, 0.29) is 24.1 Å². The maximum absolute atomic E-state index is 12.8. The average Bonchev–Trinajstić information content (AvgIpc) is 2.74. The number of amides is 1. The smallest absolute Gasteiger partial charge is 0.416 e. The number of pyridine rings is 2. The first-order valence-electron chi connectivity index (χ1n) is 9.11. The highest BCUT2D eigenvalue weighted by Crippen LogP contribution is 2.29. The van der Waals surface area contributed by atoms with Gasteiger partial charge in [-0.05, 0) is 29.8 Å². The lowest BCUT2D eigenvalue weighted by molar-refractivity contribution is -0.138. The highest BCUT2D eigenvalue weighted by molar-refractivity contribution is 6.02. The second-order valence-electron chi connectivity index (χ2n) is 6.55. The van der Waals surface area contributed by atoms with Gasteiger partial charge in [0.2, 0.25) is 0 Å². The molecule has 1 amide bonds. The van der Waals surface area contributed by atoms with E-state index in [9.17, 15) is 32.7 Å². The molecule has 1 aromatic carbocycles. The number of benzene rings is 1. The van der Waals surface area contributed by atoms with Gasteiger partial charge in [-0.2, -0.15) is 13.2 Å². The van der Waals surface area contributed by atoms with E-state index in [4.69, 9.17) is 9.94 Å².